The van der Waals surface area contributed by atoms with E-state index in [0.29, 0.717) is 18.0 Å². The summed E-state index contributed by atoms with van der Waals surface area (Å²) in [5.74, 6) is 0.499. The lowest BCUT2D eigenvalue weighted by molar-refractivity contribution is 0.0953. The molecule has 0 aliphatic rings. The second-order valence-corrected chi connectivity index (χ2v) is 5.40. The lowest BCUT2D eigenvalue weighted by Gasteiger charge is -2.06. The zero-order valence-corrected chi connectivity index (χ0v) is 12.4. The number of benzene rings is 1. The van der Waals surface area contributed by atoms with Crippen LogP contribution < -0.4 is 5.32 Å². The van der Waals surface area contributed by atoms with Crippen LogP contribution in [-0.4, -0.2) is 18.3 Å². The Kier molecular flexibility index (Phi) is 5.92. The van der Waals surface area contributed by atoms with Crippen LogP contribution in [-0.2, 0) is 0 Å². The van der Waals surface area contributed by atoms with Gasteiger partial charge in [-0.15, -0.1) is 11.6 Å². The molecule has 0 aliphatic carbocycles. The third kappa shape index (κ3) is 4.28. The molecule has 1 aromatic rings. The van der Waals surface area contributed by atoms with E-state index in [9.17, 15) is 4.79 Å². The van der Waals surface area contributed by atoms with Crippen molar-refractivity contribution in [1.82, 2.24) is 5.32 Å². The Balaban J connectivity index is 2.68. The lowest BCUT2D eigenvalue weighted by Crippen LogP contribution is -2.25. The molecule has 1 aromatic carbocycles. The fraction of sp³-hybridized carbons (Fsp3) is 0.300. The van der Waals surface area contributed by atoms with Crippen LogP contribution in [0, 0.1) is 3.57 Å². The topological polar surface area (TPSA) is 29.1 Å². The fourth-order valence-corrected chi connectivity index (χ4v) is 2.09. The Hall–Kier alpha value is 0.190. The van der Waals surface area contributed by atoms with Gasteiger partial charge in [-0.25, -0.2) is 0 Å². The third-order valence-corrected chi connectivity index (χ3v) is 3.40. The first-order valence-corrected chi connectivity index (χ1v) is 6.85. The molecule has 82 valence electrons. The van der Waals surface area contributed by atoms with Gasteiger partial charge in [0.25, 0.3) is 5.91 Å². The molecule has 0 saturated carbocycles. The monoisotopic (exact) mass is 401 g/mol. The molecule has 15 heavy (non-hydrogen) atoms. The molecular weight excluding hydrogens is 392 g/mol. The summed E-state index contributed by atoms with van der Waals surface area (Å²) in [5, 5.41) is 2.81. The molecule has 0 unspecified atom stereocenters. The Labute approximate surface area is 116 Å². The molecule has 1 N–H and O–H groups in total. The van der Waals surface area contributed by atoms with E-state index in [1.165, 1.54) is 0 Å². The summed E-state index contributed by atoms with van der Waals surface area (Å²) in [5.41, 5.74) is 0.663. The standard InChI is InChI=1S/C10H10BrClINO/c11-9-3-2-7(13)6-8(9)10(15)14-5-1-4-12/h2-3,6H,1,4-5H2,(H,14,15). The van der Waals surface area contributed by atoms with Crippen molar-refractivity contribution in [3.63, 3.8) is 0 Å². The van der Waals surface area contributed by atoms with Gasteiger partial charge in [0.2, 0.25) is 0 Å². The van der Waals surface area contributed by atoms with Gasteiger partial charge in [-0.1, -0.05) is 0 Å². The highest BCUT2D eigenvalue weighted by Gasteiger charge is 2.09. The summed E-state index contributed by atoms with van der Waals surface area (Å²) < 4.78 is 1.85. The van der Waals surface area contributed by atoms with E-state index >= 15 is 0 Å². The minimum Gasteiger partial charge on any atom is -0.352 e. The number of carbonyl (C=O) groups is 1. The summed E-state index contributed by atoms with van der Waals surface area (Å²) in [6.45, 7) is 0.611. The van der Waals surface area contributed by atoms with Crippen molar-refractivity contribution >= 4 is 56.0 Å². The van der Waals surface area contributed by atoms with Crippen LogP contribution in [0.4, 0.5) is 0 Å². The Morgan fingerprint density at radius 3 is 2.93 bits per heavy atom. The molecule has 1 amide bonds. The molecule has 0 aromatic heterocycles. The number of alkyl halides is 1. The van der Waals surface area contributed by atoms with Gasteiger partial charge in [0.1, 0.15) is 0 Å². The second kappa shape index (κ2) is 6.70. The molecule has 0 aliphatic heterocycles. The van der Waals surface area contributed by atoms with Crippen molar-refractivity contribution in [3.05, 3.63) is 31.8 Å². The molecule has 0 fully saturated rings. The first-order valence-electron chi connectivity index (χ1n) is 4.44. The summed E-state index contributed by atoms with van der Waals surface area (Å²) >= 11 is 11.1. The molecule has 0 heterocycles. The minimum absolute atomic E-state index is 0.0643. The van der Waals surface area contributed by atoms with Crippen molar-refractivity contribution in [1.29, 1.82) is 0 Å². The van der Waals surface area contributed by atoms with E-state index in [4.69, 9.17) is 11.6 Å². The largest absolute Gasteiger partial charge is 0.352 e. The average molecular weight is 402 g/mol. The molecule has 0 radical (unpaired) electrons. The predicted molar refractivity (Wildman–Crippen MR) is 74.5 cm³/mol. The van der Waals surface area contributed by atoms with Crippen molar-refractivity contribution in [2.75, 3.05) is 12.4 Å². The van der Waals surface area contributed by atoms with Crippen LogP contribution in [0.15, 0.2) is 22.7 Å². The van der Waals surface area contributed by atoms with E-state index < -0.39 is 0 Å². The number of hydrogen-bond acceptors (Lipinski definition) is 1. The van der Waals surface area contributed by atoms with Gasteiger partial charge in [0.05, 0.1) is 5.56 Å². The Morgan fingerprint density at radius 2 is 2.27 bits per heavy atom. The number of rotatable bonds is 4. The van der Waals surface area contributed by atoms with Gasteiger partial charge >= 0.3 is 0 Å². The second-order valence-electron chi connectivity index (χ2n) is 2.92. The highest BCUT2D eigenvalue weighted by atomic mass is 127. The normalized spacial score (nSPS) is 10.1. The number of halogens is 3. The summed E-state index contributed by atoms with van der Waals surface area (Å²) in [7, 11) is 0. The summed E-state index contributed by atoms with van der Waals surface area (Å²) in [4.78, 5) is 11.7. The van der Waals surface area contributed by atoms with E-state index in [1.54, 1.807) is 0 Å². The SMILES string of the molecule is O=C(NCCCCl)c1cc(I)ccc1Br. The number of nitrogens with one attached hydrogen (secondary N) is 1. The zero-order valence-electron chi connectivity index (χ0n) is 7.90. The highest BCUT2D eigenvalue weighted by Crippen LogP contribution is 2.19. The predicted octanol–water partition coefficient (Wildman–Crippen LogP) is 3.41. The van der Waals surface area contributed by atoms with E-state index in [1.807, 2.05) is 18.2 Å². The minimum atomic E-state index is -0.0643. The number of hydrogen-bond donors (Lipinski definition) is 1. The first kappa shape index (κ1) is 13.3. The van der Waals surface area contributed by atoms with Crippen LogP contribution in [0.3, 0.4) is 0 Å². The molecule has 2 nitrogen and oxygen atoms in total. The first-order chi connectivity index (χ1) is 7.15. The maximum absolute atomic E-state index is 11.7. The van der Waals surface area contributed by atoms with Gasteiger partial charge in [-0.05, 0) is 63.1 Å². The third-order valence-electron chi connectivity index (χ3n) is 1.77. The van der Waals surface area contributed by atoms with Gasteiger partial charge in [-0.2, -0.15) is 0 Å². The van der Waals surface area contributed by atoms with Crippen LogP contribution in [0.5, 0.6) is 0 Å². The molecule has 5 heteroatoms. The maximum Gasteiger partial charge on any atom is 0.252 e. The van der Waals surface area contributed by atoms with Crippen molar-refractivity contribution < 1.29 is 4.79 Å². The van der Waals surface area contributed by atoms with E-state index in [-0.39, 0.29) is 5.91 Å². The molecule has 0 spiro atoms. The summed E-state index contributed by atoms with van der Waals surface area (Å²) in [6, 6.07) is 5.67. The van der Waals surface area contributed by atoms with Crippen molar-refractivity contribution in [2.24, 2.45) is 0 Å². The average Bonchev–Trinajstić information content (AvgIpc) is 2.22. The van der Waals surface area contributed by atoms with E-state index in [2.05, 4.69) is 43.8 Å². The Morgan fingerprint density at radius 1 is 1.53 bits per heavy atom. The van der Waals surface area contributed by atoms with Gasteiger partial charge < -0.3 is 5.32 Å². The molecule has 0 bridgehead atoms. The molecule has 0 saturated heterocycles. The van der Waals surface area contributed by atoms with Crippen LogP contribution in [0.25, 0.3) is 0 Å². The Bertz CT molecular complexity index is 359. The van der Waals surface area contributed by atoms with Crippen LogP contribution >= 0.6 is 50.1 Å². The maximum atomic E-state index is 11.7. The van der Waals surface area contributed by atoms with Gasteiger partial charge in [0, 0.05) is 20.5 Å². The fourth-order valence-electron chi connectivity index (χ4n) is 1.04. The smallest absolute Gasteiger partial charge is 0.252 e. The lowest BCUT2D eigenvalue weighted by atomic mass is 10.2. The van der Waals surface area contributed by atoms with E-state index in [0.717, 1.165) is 14.5 Å². The van der Waals surface area contributed by atoms with Crippen LogP contribution in [0.2, 0.25) is 0 Å². The van der Waals surface area contributed by atoms with Gasteiger partial charge in [0.15, 0.2) is 0 Å². The zero-order chi connectivity index (χ0) is 11.3. The highest BCUT2D eigenvalue weighted by molar-refractivity contribution is 14.1. The molecule has 1 rings (SSSR count). The molecule has 0 atom stereocenters. The van der Waals surface area contributed by atoms with Crippen molar-refractivity contribution in [3.8, 4) is 0 Å². The molecular formula is C10H10BrClINO. The quantitative estimate of drug-likeness (QED) is 0.467. The van der Waals surface area contributed by atoms with Crippen LogP contribution in [0.1, 0.15) is 16.8 Å². The number of carbonyl (C=O) groups excluding carboxylic acids is 1. The number of amides is 1. The summed E-state index contributed by atoms with van der Waals surface area (Å²) in [6.07, 6.45) is 0.787. The van der Waals surface area contributed by atoms with Crippen molar-refractivity contribution in [2.45, 2.75) is 6.42 Å². The van der Waals surface area contributed by atoms with Gasteiger partial charge in [-0.3, -0.25) is 4.79 Å².